The third-order valence-corrected chi connectivity index (χ3v) is 4.05. The van der Waals surface area contributed by atoms with Gasteiger partial charge < -0.3 is 15.8 Å². The van der Waals surface area contributed by atoms with Gasteiger partial charge >= 0.3 is 5.97 Å². The summed E-state index contributed by atoms with van der Waals surface area (Å²) in [6, 6.07) is 20.0. The van der Waals surface area contributed by atoms with E-state index in [-0.39, 0.29) is 5.91 Å². The van der Waals surface area contributed by atoms with E-state index in [0.717, 1.165) is 10.8 Å². The van der Waals surface area contributed by atoms with Gasteiger partial charge in [-0.3, -0.25) is 4.79 Å². The maximum atomic E-state index is 12.5. The van der Waals surface area contributed by atoms with Gasteiger partial charge in [-0.2, -0.15) is 0 Å². The zero-order valence-corrected chi connectivity index (χ0v) is 14.4. The second kappa shape index (κ2) is 7.70. The fourth-order valence-corrected chi connectivity index (χ4v) is 2.67. The highest BCUT2D eigenvalue weighted by Gasteiger charge is 2.22. The second-order valence-corrected chi connectivity index (χ2v) is 5.98. The Bertz CT molecular complexity index is 953. The number of nitrogen functional groups attached to an aromatic ring is 1. The number of nitrogens with one attached hydrogen (secondary N) is 1. The van der Waals surface area contributed by atoms with Crippen molar-refractivity contribution in [2.75, 3.05) is 11.1 Å². The topological polar surface area (TPSA) is 81.4 Å². The van der Waals surface area contributed by atoms with Gasteiger partial charge in [0.1, 0.15) is 0 Å². The highest BCUT2D eigenvalue weighted by atomic mass is 16.5. The average Bonchev–Trinajstić information content (AvgIpc) is 2.65. The number of nitrogens with two attached hydrogens (primary N) is 1. The number of esters is 1. The van der Waals surface area contributed by atoms with Crippen LogP contribution in [-0.2, 0) is 9.53 Å². The summed E-state index contributed by atoms with van der Waals surface area (Å²) < 4.78 is 5.36. The van der Waals surface area contributed by atoms with Crippen LogP contribution in [0.5, 0.6) is 0 Å². The highest BCUT2D eigenvalue weighted by Crippen LogP contribution is 2.19. The number of carbonyl (C=O) groups excluding carboxylic acids is 2. The molecule has 0 heterocycles. The van der Waals surface area contributed by atoms with E-state index in [0.29, 0.717) is 23.4 Å². The normalized spacial score (nSPS) is 11.7. The zero-order valence-electron chi connectivity index (χ0n) is 14.4. The summed E-state index contributed by atoms with van der Waals surface area (Å²) in [6.07, 6.45) is -0.511. The summed E-state index contributed by atoms with van der Waals surface area (Å²) in [4.78, 5) is 24.7. The van der Waals surface area contributed by atoms with Crippen LogP contribution in [0.15, 0.2) is 66.7 Å². The Morgan fingerprint density at radius 2 is 1.77 bits per heavy atom. The van der Waals surface area contributed by atoms with Gasteiger partial charge in [0.2, 0.25) is 0 Å². The van der Waals surface area contributed by atoms with Gasteiger partial charge in [-0.1, -0.05) is 43.3 Å². The lowest BCUT2D eigenvalue weighted by Gasteiger charge is -2.16. The van der Waals surface area contributed by atoms with Gasteiger partial charge in [-0.25, -0.2) is 4.79 Å². The SMILES string of the molecule is CCC(OC(=O)c1cccc(N)c1)C(=O)Nc1ccc2ccccc2c1. The molecule has 3 aromatic carbocycles. The van der Waals surface area contributed by atoms with Gasteiger partial charge in [0.25, 0.3) is 5.91 Å². The van der Waals surface area contributed by atoms with Crippen LogP contribution < -0.4 is 11.1 Å². The van der Waals surface area contributed by atoms with E-state index < -0.39 is 12.1 Å². The molecule has 0 aliphatic carbocycles. The first-order valence-electron chi connectivity index (χ1n) is 8.43. The first-order valence-corrected chi connectivity index (χ1v) is 8.43. The molecule has 0 spiro atoms. The molecule has 1 atom stereocenters. The Balaban J connectivity index is 1.70. The number of carbonyl (C=O) groups is 2. The Hall–Kier alpha value is -3.34. The van der Waals surface area contributed by atoms with Gasteiger partial charge in [-0.15, -0.1) is 0 Å². The molecule has 0 aliphatic rings. The quantitative estimate of drug-likeness (QED) is 0.539. The average molecular weight is 348 g/mol. The molecule has 0 bridgehead atoms. The summed E-state index contributed by atoms with van der Waals surface area (Å²) in [5.74, 6) is -0.933. The first kappa shape index (κ1) is 17.5. The number of fused-ring (bicyclic) bond motifs is 1. The molecule has 5 heteroatoms. The highest BCUT2D eigenvalue weighted by molar-refractivity contribution is 5.99. The predicted molar refractivity (Wildman–Crippen MR) is 103 cm³/mol. The molecule has 0 aromatic heterocycles. The van der Waals surface area contributed by atoms with Crippen molar-refractivity contribution in [2.45, 2.75) is 19.4 Å². The molecule has 0 fully saturated rings. The smallest absolute Gasteiger partial charge is 0.338 e. The monoisotopic (exact) mass is 348 g/mol. The Morgan fingerprint density at radius 1 is 1.00 bits per heavy atom. The van der Waals surface area contributed by atoms with Crippen molar-refractivity contribution in [3.63, 3.8) is 0 Å². The lowest BCUT2D eigenvalue weighted by Crippen LogP contribution is -2.32. The zero-order chi connectivity index (χ0) is 18.5. The molecule has 0 radical (unpaired) electrons. The van der Waals surface area contributed by atoms with Crippen molar-refractivity contribution < 1.29 is 14.3 Å². The summed E-state index contributed by atoms with van der Waals surface area (Å²) in [5, 5.41) is 4.92. The summed E-state index contributed by atoms with van der Waals surface area (Å²) in [7, 11) is 0. The minimum atomic E-state index is -0.879. The standard InChI is InChI=1S/C21H20N2O3/c1-2-19(26-21(25)16-8-5-9-17(22)12-16)20(24)23-18-11-10-14-6-3-4-7-15(14)13-18/h3-13,19H,2,22H2,1H3,(H,23,24). The van der Waals surface area contributed by atoms with E-state index in [9.17, 15) is 9.59 Å². The van der Waals surface area contributed by atoms with Gasteiger partial charge in [0.15, 0.2) is 6.10 Å². The molecule has 3 aromatic rings. The second-order valence-electron chi connectivity index (χ2n) is 5.98. The van der Waals surface area contributed by atoms with E-state index >= 15 is 0 Å². The predicted octanol–water partition coefficient (Wildman–Crippen LogP) is 4.00. The molecule has 3 rings (SSSR count). The minimum Gasteiger partial charge on any atom is -0.449 e. The van der Waals surface area contributed by atoms with Crippen LogP contribution in [0.2, 0.25) is 0 Å². The van der Waals surface area contributed by atoms with Crippen LogP contribution >= 0.6 is 0 Å². The van der Waals surface area contributed by atoms with Crippen LogP contribution in [0.3, 0.4) is 0 Å². The van der Waals surface area contributed by atoms with Crippen molar-refractivity contribution in [3.05, 3.63) is 72.3 Å². The van der Waals surface area contributed by atoms with Crippen molar-refractivity contribution in [1.29, 1.82) is 0 Å². The molecule has 0 saturated carbocycles. The van der Waals surface area contributed by atoms with Crippen LogP contribution in [0.25, 0.3) is 10.8 Å². The van der Waals surface area contributed by atoms with Gasteiger partial charge in [0, 0.05) is 11.4 Å². The van der Waals surface area contributed by atoms with E-state index in [1.807, 2.05) is 42.5 Å². The number of hydrogen-bond donors (Lipinski definition) is 2. The maximum absolute atomic E-state index is 12.5. The van der Waals surface area contributed by atoms with Crippen molar-refractivity contribution in [3.8, 4) is 0 Å². The fraction of sp³-hybridized carbons (Fsp3) is 0.143. The van der Waals surface area contributed by atoms with Crippen molar-refractivity contribution >= 4 is 34.0 Å². The van der Waals surface area contributed by atoms with Crippen LogP contribution in [0.1, 0.15) is 23.7 Å². The number of amides is 1. The van der Waals surface area contributed by atoms with Crippen LogP contribution in [0.4, 0.5) is 11.4 Å². The van der Waals surface area contributed by atoms with E-state index in [1.54, 1.807) is 25.1 Å². The summed E-state index contributed by atoms with van der Waals surface area (Å²) in [6.45, 7) is 1.79. The third-order valence-electron chi connectivity index (χ3n) is 4.05. The molecule has 5 nitrogen and oxygen atoms in total. The Labute approximate surface area is 151 Å². The number of benzene rings is 3. The van der Waals surface area contributed by atoms with Crippen molar-refractivity contribution in [1.82, 2.24) is 0 Å². The van der Waals surface area contributed by atoms with Gasteiger partial charge in [-0.05, 0) is 47.5 Å². The van der Waals surface area contributed by atoms with E-state index in [2.05, 4.69) is 5.32 Å². The summed E-state index contributed by atoms with van der Waals surface area (Å²) in [5.41, 5.74) is 7.13. The lowest BCUT2D eigenvalue weighted by molar-refractivity contribution is -0.124. The number of hydrogen-bond acceptors (Lipinski definition) is 4. The molecule has 3 N–H and O–H groups in total. The molecular formula is C21H20N2O3. The molecule has 1 unspecified atom stereocenters. The largest absolute Gasteiger partial charge is 0.449 e. The Morgan fingerprint density at radius 3 is 2.50 bits per heavy atom. The fourth-order valence-electron chi connectivity index (χ4n) is 2.67. The molecule has 26 heavy (non-hydrogen) atoms. The summed E-state index contributed by atoms with van der Waals surface area (Å²) >= 11 is 0. The number of anilines is 2. The van der Waals surface area contributed by atoms with E-state index in [1.165, 1.54) is 6.07 Å². The first-order chi connectivity index (χ1) is 12.6. The lowest BCUT2D eigenvalue weighted by atomic mass is 10.1. The molecule has 0 aliphatic heterocycles. The molecular weight excluding hydrogens is 328 g/mol. The van der Waals surface area contributed by atoms with Crippen LogP contribution in [0, 0.1) is 0 Å². The van der Waals surface area contributed by atoms with Gasteiger partial charge in [0.05, 0.1) is 5.56 Å². The number of rotatable bonds is 5. The van der Waals surface area contributed by atoms with E-state index in [4.69, 9.17) is 10.5 Å². The van der Waals surface area contributed by atoms with Crippen LogP contribution in [-0.4, -0.2) is 18.0 Å². The maximum Gasteiger partial charge on any atom is 0.338 e. The Kier molecular flexibility index (Phi) is 5.17. The molecule has 132 valence electrons. The molecule has 0 saturated heterocycles. The molecule has 1 amide bonds. The third kappa shape index (κ3) is 4.00. The number of ether oxygens (including phenoxy) is 1. The van der Waals surface area contributed by atoms with Crippen molar-refractivity contribution in [2.24, 2.45) is 0 Å². The minimum absolute atomic E-state index is 0.321.